The van der Waals surface area contributed by atoms with Crippen LogP contribution in [0.3, 0.4) is 0 Å². The second kappa shape index (κ2) is 23.3. The van der Waals surface area contributed by atoms with Gasteiger partial charge in [-0.3, -0.25) is 0 Å². The van der Waals surface area contributed by atoms with Crippen molar-refractivity contribution < 1.29 is 38.1 Å². The van der Waals surface area contributed by atoms with Gasteiger partial charge in [0.1, 0.15) is 13.2 Å². The Balaban J connectivity index is 0.000000183. The Morgan fingerprint density at radius 2 is 0.581 bits per heavy atom. The van der Waals surface area contributed by atoms with Crippen molar-refractivity contribution in [2.24, 2.45) is 0 Å². The lowest BCUT2D eigenvalue weighted by Crippen LogP contribution is -2.12. The number of benzene rings is 8. The van der Waals surface area contributed by atoms with E-state index < -0.39 is 32.5 Å². The second-order valence-corrected chi connectivity index (χ2v) is 20.4. The van der Waals surface area contributed by atoms with Gasteiger partial charge < -0.3 is 18.9 Å². The van der Waals surface area contributed by atoms with Gasteiger partial charge in [0.2, 0.25) is 0 Å². The number of ether oxygens (including phenoxy) is 4. The number of fused-ring (bicyclic) bond motifs is 6. The first-order valence-corrected chi connectivity index (χ1v) is 25.6. The first kappa shape index (κ1) is 51.7. The lowest BCUT2D eigenvalue weighted by Gasteiger charge is -2.17. The highest BCUT2D eigenvalue weighted by Gasteiger charge is 2.42. The van der Waals surface area contributed by atoms with Gasteiger partial charge in [0, 0.05) is 22.3 Å². The smallest absolute Gasteiger partial charge is 0.338 e. The van der Waals surface area contributed by atoms with Crippen LogP contribution in [0, 0.1) is 0 Å². The molecule has 2 aliphatic rings. The minimum Gasteiger partial charge on any atom is -0.462 e. The van der Waals surface area contributed by atoms with Gasteiger partial charge in [-0.2, -0.15) is 0 Å². The van der Waals surface area contributed by atoms with Gasteiger partial charge in [0.15, 0.2) is 8.67 Å². The third-order valence-corrected chi connectivity index (χ3v) is 14.4. The summed E-state index contributed by atoms with van der Waals surface area (Å²) in [7, 11) is 0. The molecule has 0 radical (unpaired) electrons. The van der Waals surface area contributed by atoms with E-state index in [4.69, 9.17) is 65.4 Å². The van der Waals surface area contributed by atoms with E-state index >= 15 is 0 Å². The molecule has 0 unspecified atom stereocenters. The Kier molecular flexibility index (Phi) is 16.3. The first-order valence-electron chi connectivity index (χ1n) is 24.1. The third-order valence-electron chi connectivity index (χ3n) is 12.8. The van der Waals surface area contributed by atoms with Crippen LogP contribution in [0.1, 0.15) is 98.8 Å². The number of hydrogen-bond donors (Lipinski definition) is 0. The number of esters is 4. The topological polar surface area (TPSA) is 105 Å². The van der Waals surface area contributed by atoms with Gasteiger partial charge in [-0.25, -0.2) is 19.2 Å². The fraction of sp³-hybridized carbons (Fsp3) is 0.161. The largest absolute Gasteiger partial charge is 0.462 e. The minimum atomic E-state index is -1.43. The monoisotopic (exact) mass is 1060 g/mol. The molecule has 8 nitrogen and oxygen atoms in total. The van der Waals surface area contributed by atoms with Crippen molar-refractivity contribution in [2.75, 3.05) is 13.2 Å². The molecule has 10 rings (SSSR count). The summed E-state index contributed by atoms with van der Waals surface area (Å²) < 4.78 is 19.0. The number of carbonyl (C=O) groups excluding carboxylic acids is 4. The van der Waals surface area contributed by atoms with Gasteiger partial charge in [0.05, 0.1) is 35.5 Å². The van der Waals surface area contributed by atoms with Crippen LogP contribution in [-0.4, -0.2) is 37.1 Å². The van der Waals surface area contributed by atoms with Crippen molar-refractivity contribution in [3.05, 3.63) is 261 Å². The summed E-state index contributed by atoms with van der Waals surface area (Å²) in [4.78, 5) is 50.8. The average molecular weight is 1060 g/mol. The number of hydrogen-bond acceptors (Lipinski definition) is 8. The first-order chi connectivity index (χ1) is 35.9. The highest BCUT2D eigenvalue weighted by atomic mass is 35.5. The second-order valence-electron chi connectivity index (χ2n) is 17.8. The summed E-state index contributed by atoms with van der Waals surface area (Å²) in [6, 6.07) is 59.7. The van der Waals surface area contributed by atoms with E-state index in [9.17, 15) is 19.2 Å². The molecule has 12 heteroatoms. The third kappa shape index (κ3) is 11.9. The maximum atomic E-state index is 12.7. The molecule has 0 N–H and O–H groups in total. The molecule has 0 fully saturated rings. The molecule has 372 valence electrons. The standard InChI is InChI=1S/C33H28Cl2O4.C29H20Cl2O4/c34-33(35)29-21-25(31(36)38-19-7-13-23-9-3-1-4-10-23)15-17-27(29)28-18-16-26(22-30(28)33)32(37)39-20-8-14-24-11-5-2-6-12-24;30-29(31)25-15-21(27(32)34-17-19-7-3-1-4-8-19)11-13-23(25)24-14-12-22(16-26(24)29)28(33)35-18-20-9-5-2-6-10-20/h1-6,9-12,15-18,21-22H,7-8,13-14,19-20H2;1-16H,17-18H2. The Labute approximate surface area is 449 Å². The Morgan fingerprint density at radius 1 is 0.324 bits per heavy atom. The zero-order chi connectivity index (χ0) is 51.7. The van der Waals surface area contributed by atoms with Crippen molar-refractivity contribution >= 4 is 70.3 Å². The van der Waals surface area contributed by atoms with Crippen LogP contribution in [0.25, 0.3) is 22.3 Å². The predicted octanol–water partition coefficient (Wildman–Crippen LogP) is 15.0. The van der Waals surface area contributed by atoms with Crippen LogP contribution in [-0.2, 0) is 53.7 Å². The Hall–Kier alpha value is -7.20. The molecule has 74 heavy (non-hydrogen) atoms. The Morgan fingerprint density at radius 3 is 0.865 bits per heavy atom. The van der Waals surface area contributed by atoms with E-state index in [2.05, 4.69) is 24.3 Å². The van der Waals surface area contributed by atoms with Gasteiger partial charge in [-0.1, -0.05) is 192 Å². The minimum absolute atomic E-state index is 0.165. The maximum absolute atomic E-state index is 12.7. The summed E-state index contributed by atoms with van der Waals surface area (Å²) >= 11 is 27.2. The summed E-state index contributed by atoms with van der Waals surface area (Å²) in [5.74, 6) is -1.79. The average Bonchev–Trinajstić information content (AvgIpc) is 3.81. The van der Waals surface area contributed by atoms with Crippen LogP contribution in [0.15, 0.2) is 194 Å². The van der Waals surface area contributed by atoms with E-state index in [1.807, 2.05) is 109 Å². The zero-order valence-corrected chi connectivity index (χ0v) is 42.9. The highest BCUT2D eigenvalue weighted by Crippen LogP contribution is 2.56. The number of rotatable bonds is 16. The van der Waals surface area contributed by atoms with Crippen molar-refractivity contribution in [3.63, 3.8) is 0 Å². The summed E-state index contributed by atoms with van der Waals surface area (Å²) in [6.07, 6.45) is 3.12. The van der Waals surface area contributed by atoms with E-state index in [-0.39, 0.29) is 13.2 Å². The van der Waals surface area contributed by atoms with Gasteiger partial charge in [-0.05, 0) is 119 Å². The maximum Gasteiger partial charge on any atom is 0.338 e. The molecule has 0 aliphatic heterocycles. The molecule has 8 aromatic carbocycles. The SMILES string of the molecule is O=C(OCCCc1ccccc1)c1ccc2c(c1)C(Cl)(Cl)c1cc(C(=O)OCCCc3ccccc3)ccc1-2.O=C(OCc1ccccc1)c1ccc2c(c1)C(Cl)(Cl)c1cc(C(=O)OCc3ccccc3)ccc1-2. The van der Waals surface area contributed by atoms with Crippen molar-refractivity contribution in [1.82, 2.24) is 0 Å². The molecular weight excluding hydrogens is 1010 g/mol. The zero-order valence-electron chi connectivity index (χ0n) is 39.9. The number of halogens is 4. The molecule has 8 aromatic rings. The van der Waals surface area contributed by atoms with Gasteiger partial charge >= 0.3 is 23.9 Å². The van der Waals surface area contributed by atoms with Crippen molar-refractivity contribution in [2.45, 2.75) is 47.6 Å². The molecular formula is C62H48Cl4O8. The van der Waals surface area contributed by atoms with E-state index in [0.717, 1.165) is 59.1 Å². The van der Waals surface area contributed by atoms with Crippen molar-refractivity contribution in [3.8, 4) is 22.3 Å². The van der Waals surface area contributed by atoms with E-state index in [0.29, 0.717) is 57.7 Å². The molecule has 0 atom stereocenters. The van der Waals surface area contributed by atoms with Crippen LogP contribution in [0.4, 0.5) is 0 Å². The van der Waals surface area contributed by atoms with Crippen LogP contribution >= 0.6 is 46.4 Å². The van der Waals surface area contributed by atoms with Crippen LogP contribution in [0.2, 0.25) is 0 Å². The summed E-state index contributed by atoms with van der Waals surface area (Å²) in [5, 5.41) is 0. The number of aryl methyl sites for hydroxylation is 2. The number of carbonyl (C=O) groups is 4. The van der Waals surface area contributed by atoms with Crippen LogP contribution in [0.5, 0.6) is 0 Å². The molecule has 0 saturated carbocycles. The van der Waals surface area contributed by atoms with E-state index in [1.54, 1.807) is 60.7 Å². The number of alkyl halides is 4. The molecule has 2 aliphatic carbocycles. The quantitative estimate of drug-likeness (QED) is 0.0408. The molecule has 0 spiro atoms. The molecule has 0 aromatic heterocycles. The summed E-state index contributed by atoms with van der Waals surface area (Å²) in [6.45, 7) is 0.958. The molecule has 0 saturated heterocycles. The van der Waals surface area contributed by atoms with Crippen LogP contribution < -0.4 is 0 Å². The van der Waals surface area contributed by atoms with Gasteiger partial charge in [-0.15, -0.1) is 0 Å². The van der Waals surface area contributed by atoms with Gasteiger partial charge in [0.25, 0.3) is 0 Å². The highest BCUT2D eigenvalue weighted by molar-refractivity contribution is 6.52. The molecule has 0 heterocycles. The fourth-order valence-electron chi connectivity index (χ4n) is 8.90. The normalized spacial score (nSPS) is 12.9. The Bertz CT molecular complexity index is 3090. The van der Waals surface area contributed by atoms with E-state index in [1.165, 1.54) is 11.1 Å². The lowest BCUT2D eigenvalue weighted by atomic mass is 10.0. The molecule has 0 amide bonds. The summed E-state index contributed by atoms with van der Waals surface area (Å²) in [5.41, 5.74) is 11.2. The molecule has 0 bridgehead atoms. The fourth-order valence-corrected chi connectivity index (χ4v) is 10.2. The predicted molar refractivity (Wildman–Crippen MR) is 290 cm³/mol. The van der Waals surface area contributed by atoms with Crippen molar-refractivity contribution in [1.29, 1.82) is 0 Å². The lowest BCUT2D eigenvalue weighted by molar-refractivity contribution is 0.0464.